The number of aromatic nitrogens is 1. The van der Waals surface area contributed by atoms with Crippen LogP contribution in [0.1, 0.15) is 26.5 Å². The van der Waals surface area contributed by atoms with E-state index in [1.807, 2.05) is 0 Å². The molecular formula is C16H11F3N2OS. The number of nitrogens with zero attached hydrogens (tertiary/aromatic N) is 1. The van der Waals surface area contributed by atoms with Crippen molar-refractivity contribution in [3.05, 3.63) is 58.1 Å². The molecule has 0 amide bonds. The summed E-state index contributed by atoms with van der Waals surface area (Å²) in [5, 5.41) is -0.201. The third-order valence-corrected chi connectivity index (χ3v) is 4.47. The molecule has 0 aliphatic heterocycles. The molecule has 3 nitrogen and oxygen atoms in total. The van der Waals surface area contributed by atoms with Crippen LogP contribution in [-0.2, 0) is 6.18 Å². The number of rotatable bonds is 2. The number of ketones is 1. The molecule has 0 spiro atoms. The summed E-state index contributed by atoms with van der Waals surface area (Å²) < 4.78 is 39.7. The highest BCUT2D eigenvalue weighted by Crippen LogP contribution is 2.42. The molecule has 0 atom stereocenters. The van der Waals surface area contributed by atoms with Crippen molar-refractivity contribution in [3.8, 4) is 0 Å². The quantitative estimate of drug-likeness (QED) is 0.704. The third kappa shape index (κ3) is 2.68. The molecule has 0 aliphatic rings. The second-order valence-corrected chi connectivity index (χ2v) is 6.03. The minimum absolute atomic E-state index is 0.0785. The van der Waals surface area contributed by atoms with Gasteiger partial charge in [0.2, 0.25) is 5.78 Å². The van der Waals surface area contributed by atoms with Gasteiger partial charge >= 0.3 is 6.18 Å². The molecule has 0 radical (unpaired) electrons. The van der Waals surface area contributed by atoms with Crippen LogP contribution in [0.4, 0.5) is 18.9 Å². The molecular weight excluding hydrogens is 325 g/mol. The number of fused-ring (bicyclic) bond motifs is 1. The van der Waals surface area contributed by atoms with E-state index >= 15 is 0 Å². The van der Waals surface area contributed by atoms with Gasteiger partial charge in [0.25, 0.3) is 0 Å². The molecule has 0 unspecified atom stereocenters. The monoisotopic (exact) mass is 336 g/mol. The van der Waals surface area contributed by atoms with Gasteiger partial charge in [-0.05, 0) is 13.0 Å². The Morgan fingerprint density at radius 3 is 2.48 bits per heavy atom. The topological polar surface area (TPSA) is 56.0 Å². The lowest BCUT2D eigenvalue weighted by Crippen LogP contribution is -2.08. The molecule has 0 saturated carbocycles. The average molecular weight is 336 g/mol. The summed E-state index contributed by atoms with van der Waals surface area (Å²) in [5.74, 6) is -0.406. The predicted octanol–water partition coefficient (Wildman–Crippen LogP) is 4.44. The maximum atomic E-state index is 13.2. The summed E-state index contributed by atoms with van der Waals surface area (Å²) in [4.78, 5) is 16.8. The Morgan fingerprint density at radius 2 is 1.87 bits per heavy atom. The molecule has 2 aromatic heterocycles. The number of aryl methyl sites for hydroxylation is 1. The smallest absolute Gasteiger partial charge is 0.397 e. The lowest BCUT2D eigenvalue weighted by atomic mass is 10.1. The second-order valence-electron chi connectivity index (χ2n) is 5.03. The van der Waals surface area contributed by atoms with Crippen molar-refractivity contribution < 1.29 is 18.0 Å². The van der Waals surface area contributed by atoms with Crippen LogP contribution in [0.3, 0.4) is 0 Å². The number of hydrogen-bond donors (Lipinski definition) is 1. The molecule has 1 aromatic carbocycles. The summed E-state index contributed by atoms with van der Waals surface area (Å²) in [6.07, 6.45) is -4.56. The van der Waals surface area contributed by atoms with Crippen molar-refractivity contribution in [2.24, 2.45) is 0 Å². The van der Waals surface area contributed by atoms with Crippen molar-refractivity contribution in [2.45, 2.75) is 13.1 Å². The number of nitrogen functional groups attached to an aromatic ring is 1. The molecule has 23 heavy (non-hydrogen) atoms. The summed E-state index contributed by atoms with van der Waals surface area (Å²) in [7, 11) is 0. The normalized spacial score (nSPS) is 11.8. The fourth-order valence-electron chi connectivity index (χ4n) is 2.36. The zero-order valence-electron chi connectivity index (χ0n) is 11.9. The number of nitrogens with two attached hydrogens (primary N) is 1. The number of halogens is 3. The lowest BCUT2D eigenvalue weighted by Gasteiger charge is -2.09. The first-order valence-corrected chi connectivity index (χ1v) is 7.47. The minimum Gasteiger partial charge on any atom is -0.397 e. The Hall–Kier alpha value is -2.41. The number of anilines is 1. The second kappa shape index (κ2) is 5.34. The molecule has 0 aliphatic carbocycles. The predicted molar refractivity (Wildman–Crippen MR) is 83.6 cm³/mol. The van der Waals surface area contributed by atoms with Gasteiger partial charge in [-0.3, -0.25) is 4.79 Å². The maximum absolute atomic E-state index is 13.2. The first kappa shape index (κ1) is 15.5. The Bertz CT molecular complexity index is 901. The van der Waals surface area contributed by atoms with Crippen LogP contribution >= 0.6 is 11.3 Å². The van der Waals surface area contributed by atoms with Crippen LogP contribution in [0, 0.1) is 6.92 Å². The number of alkyl halides is 3. The van der Waals surface area contributed by atoms with Gasteiger partial charge in [-0.1, -0.05) is 30.3 Å². The lowest BCUT2D eigenvalue weighted by molar-refractivity contribution is -0.136. The van der Waals surface area contributed by atoms with Crippen LogP contribution < -0.4 is 5.73 Å². The van der Waals surface area contributed by atoms with Gasteiger partial charge in [0.1, 0.15) is 9.71 Å². The first-order valence-electron chi connectivity index (χ1n) is 6.65. The van der Waals surface area contributed by atoms with Gasteiger partial charge in [0.15, 0.2) is 0 Å². The molecule has 7 heteroatoms. The standard InChI is InChI=1S/C16H11F3N2OS/c1-8-7-10(16(17,18)19)11-12(20)14(23-15(11)21-8)13(22)9-5-3-2-4-6-9/h2-7H,20H2,1H3. The van der Waals surface area contributed by atoms with E-state index in [0.717, 1.165) is 17.4 Å². The fraction of sp³-hybridized carbons (Fsp3) is 0.125. The minimum atomic E-state index is -4.56. The summed E-state index contributed by atoms with van der Waals surface area (Å²) >= 11 is 0.886. The van der Waals surface area contributed by atoms with E-state index in [0.29, 0.717) is 5.56 Å². The van der Waals surface area contributed by atoms with Crippen LogP contribution in [0.2, 0.25) is 0 Å². The molecule has 0 bridgehead atoms. The Balaban J connectivity index is 2.26. The summed E-state index contributed by atoms with van der Waals surface area (Å²) in [6.45, 7) is 1.48. The van der Waals surface area contributed by atoms with Gasteiger partial charge in [-0.25, -0.2) is 4.98 Å². The van der Waals surface area contributed by atoms with Crippen molar-refractivity contribution >= 4 is 33.0 Å². The van der Waals surface area contributed by atoms with Crippen LogP contribution in [0.5, 0.6) is 0 Å². The maximum Gasteiger partial charge on any atom is 0.417 e. The summed E-state index contributed by atoms with van der Waals surface area (Å²) in [6, 6.07) is 9.24. The van der Waals surface area contributed by atoms with E-state index in [-0.39, 0.29) is 26.5 Å². The first-order chi connectivity index (χ1) is 10.8. The number of carbonyl (C=O) groups is 1. The molecule has 3 rings (SSSR count). The third-order valence-electron chi connectivity index (χ3n) is 3.37. The fourth-order valence-corrected chi connectivity index (χ4v) is 3.48. The highest BCUT2D eigenvalue weighted by Gasteiger charge is 2.35. The molecule has 0 saturated heterocycles. The van der Waals surface area contributed by atoms with Crippen molar-refractivity contribution in [3.63, 3.8) is 0 Å². The Morgan fingerprint density at radius 1 is 1.22 bits per heavy atom. The molecule has 2 heterocycles. The highest BCUT2D eigenvalue weighted by molar-refractivity contribution is 7.21. The molecule has 3 aromatic rings. The van der Waals surface area contributed by atoms with E-state index in [9.17, 15) is 18.0 Å². The van der Waals surface area contributed by atoms with E-state index in [1.165, 1.54) is 6.92 Å². The zero-order chi connectivity index (χ0) is 16.8. The van der Waals surface area contributed by atoms with Gasteiger partial charge in [0, 0.05) is 16.6 Å². The number of carbonyl (C=O) groups excluding carboxylic acids is 1. The van der Waals surface area contributed by atoms with E-state index < -0.39 is 17.5 Å². The number of hydrogen-bond acceptors (Lipinski definition) is 4. The van der Waals surface area contributed by atoms with E-state index in [2.05, 4.69) is 4.98 Å². The van der Waals surface area contributed by atoms with Crippen molar-refractivity contribution in [1.29, 1.82) is 0 Å². The van der Waals surface area contributed by atoms with Gasteiger partial charge < -0.3 is 5.73 Å². The zero-order valence-corrected chi connectivity index (χ0v) is 12.8. The average Bonchev–Trinajstić information content (AvgIpc) is 2.82. The Labute approximate surface area is 133 Å². The van der Waals surface area contributed by atoms with E-state index in [4.69, 9.17) is 5.73 Å². The van der Waals surface area contributed by atoms with Gasteiger partial charge in [0.05, 0.1) is 11.3 Å². The molecule has 2 N–H and O–H groups in total. The summed E-state index contributed by atoms with van der Waals surface area (Å²) in [5.41, 5.74) is 5.44. The van der Waals surface area contributed by atoms with Crippen LogP contribution in [0.15, 0.2) is 36.4 Å². The molecule has 0 fully saturated rings. The highest BCUT2D eigenvalue weighted by atomic mass is 32.1. The Kier molecular flexibility index (Phi) is 3.60. The number of thiophene rings is 1. The van der Waals surface area contributed by atoms with Crippen molar-refractivity contribution in [1.82, 2.24) is 4.98 Å². The van der Waals surface area contributed by atoms with Gasteiger partial charge in [-0.15, -0.1) is 11.3 Å². The largest absolute Gasteiger partial charge is 0.417 e. The number of pyridine rings is 1. The van der Waals surface area contributed by atoms with Crippen molar-refractivity contribution in [2.75, 3.05) is 5.73 Å². The number of benzene rings is 1. The SMILES string of the molecule is Cc1cc(C(F)(F)F)c2c(N)c(C(=O)c3ccccc3)sc2n1. The van der Waals surface area contributed by atoms with E-state index in [1.54, 1.807) is 30.3 Å². The van der Waals surface area contributed by atoms with Crippen LogP contribution in [-0.4, -0.2) is 10.8 Å². The van der Waals surface area contributed by atoms with Crippen LogP contribution in [0.25, 0.3) is 10.2 Å². The molecule has 118 valence electrons. The van der Waals surface area contributed by atoms with Gasteiger partial charge in [-0.2, -0.15) is 13.2 Å².